The van der Waals surface area contributed by atoms with Crippen LogP contribution in [0.1, 0.15) is 54.4 Å². The van der Waals surface area contributed by atoms with Gasteiger partial charge in [0.05, 0.1) is 12.5 Å². The Balaban J connectivity index is 1.40. The summed E-state index contributed by atoms with van der Waals surface area (Å²) in [7, 11) is 0. The molecule has 0 radical (unpaired) electrons. The zero-order valence-corrected chi connectivity index (χ0v) is 22.0. The highest BCUT2D eigenvalue weighted by Crippen LogP contribution is 2.37. The van der Waals surface area contributed by atoms with Crippen molar-refractivity contribution in [1.82, 2.24) is 9.47 Å². The number of aromatic nitrogens is 1. The molecule has 3 aromatic rings. The number of rotatable bonds is 9. The Kier molecular flexibility index (Phi) is 7.43. The van der Waals surface area contributed by atoms with Crippen LogP contribution in [0, 0.1) is 5.92 Å². The first-order chi connectivity index (χ1) is 18.7. The number of nitrogens with two attached hydrogens (primary N) is 1. The van der Waals surface area contributed by atoms with E-state index in [4.69, 9.17) is 14.9 Å². The molecule has 3 unspecified atom stereocenters. The van der Waals surface area contributed by atoms with Crippen molar-refractivity contribution >= 4 is 5.91 Å². The van der Waals surface area contributed by atoms with Gasteiger partial charge in [-0.2, -0.15) is 0 Å². The van der Waals surface area contributed by atoms with E-state index in [-0.39, 0.29) is 23.7 Å². The van der Waals surface area contributed by atoms with E-state index in [1.54, 1.807) is 36.4 Å². The summed E-state index contributed by atoms with van der Waals surface area (Å²) in [5.41, 5.74) is 7.57. The highest BCUT2D eigenvalue weighted by atomic mass is 16.5. The van der Waals surface area contributed by atoms with Gasteiger partial charge in [-0.1, -0.05) is 24.8 Å². The number of primary amides is 1. The lowest BCUT2D eigenvalue weighted by Crippen LogP contribution is -2.46. The van der Waals surface area contributed by atoms with E-state index in [2.05, 4.69) is 11.5 Å². The van der Waals surface area contributed by atoms with Crippen LogP contribution in [-0.2, 0) is 17.9 Å². The van der Waals surface area contributed by atoms with Gasteiger partial charge in [-0.15, -0.1) is 0 Å². The van der Waals surface area contributed by atoms with E-state index in [1.165, 1.54) is 6.07 Å². The molecule has 1 saturated heterocycles. The Morgan fingerprint density at radius 1 is 1.18 bits per heavy atom. The molecule has 39 heavy (non-hydrogen) atoms. The monoisotopic (exact) mass is 531 g/mol. The third-order valence-electron chi connectivity index (χ3n) is 7.42. The van der Waals surface area contributed by atoms with Crippen LogP contribution in [0.25, 0.3) is 0 Å². The van der Waals surface area contributed by atoms with Gasteiger partial charge in [0.15, 0.2) is 5.76 Å². The fraction of sp³-hybridized carbons (Fsp3) is 0.367. The summed E-state index contributed by atoms with van der Waals surface area (Å²) in [6, 6.07) is 13.7. The highest BCUT2D eigenvalue weighted by Gasteiger charge is 2.35. The summed E-state index contributed by atoms with van der Waals surface area (Å²) in [6.07, 6.45) is 0.864. The van der Waals surface area contributed by atoms with Crippen molar-refractivity contribution in [2.45, 2.75) is 44.7 Å². The standard InChI is InChI=1S/C30H33N3O6/c1-18(2)17-38-22-8-6-20(7-9-22)24(12-27(31)35)30-29(37)26(34)11-23(39-30)16-32-13-19-10-21(15-32)25-4-3-5-28(36)33(25)14-19/h3-9,11,19,21,24,37H,1,10,12-17H2,2H3,(H2,31,35). The first-order valence-corrected chi connectivity index (χ1v) is 13.1. The minimum absolute atomic E-state index is 0.0148. The van der Waals surface area contributed by atoms with E-state index < -0.39 is 23.0 Å². The topological polar surface area (TPSA) is 128 Å². The first kappa shape index (κ1) is 26.5. The number of carbonyl (C=O) groups excluding carboxylic acids is 1. The third kappa shape index (κ3) is 5.83. The number of hydrogen-bond acceptors (Lipinski definition) is 7. The lowest BCUT2D eigenvalue weighted by atomic mass is 9.83. The summed E-state index contributed by atoms with van der Waals surface area (Å²) in [6.45, 7) is 8.57. The maximum Gasteiger partial charge on any atom is 0.250 e. The van der Waals surface area contributed by atoms with Crippen molar-refractivity contribution in [3.05, 3.63) is 104 Å². The normalized spacial score (nSPS) is 19.2. The number of fused-ring (bicyclic) bond motifs is 4. The van der Waals surface area contributed by atoms with Gasteiger partial charge in [0.2, 0.25) is 17.1 Å². The Labute approximate surface area is 226 Å². The summed E-state index contributed by atoms with van der Waals surface area (Å²) in [5.74, 6) is -0.307. The second kappa shape index (κ2) is 10.9. The van der Waals surface area contributed by atoms with Crippen molar-refractivity contribution < 1.29 is 19.1 Å². The van der Waals surface area contributed by atoms with E-state index >= 15 is 0 Å². The minimum atomic E-state index is -0.746. The smallest absolute Gasteiger partial charge is 0.250 e. The summed E-state index contributed by atoms with van der Waals surface area (Å²) in [4.78, 5) is 39.4. The molecule has 0 spiro atoms. The molecule has 3 atom stereocenters. The number of carbonyl (C=O) groups is 1. The third-order valence-corrected chi connectivity index (χ3v) is 7.42. The molecule has 0 saturated carbocycles. The predicted octanol–water partition coefficient (Wildman–Crippen LogP) is 3.09. The van der Waals surface area contributed by atoms with Crippen molar-refractivity contribution in [2.75, 3.05) is 19.7 Å². The largest absolute Gasteiger partial charge is 0.502 e. The van der Waals surface area contributed by atoms with Crippen LogP contribution in [0.2, 0.25) is 0 Å². The number of nitrogens with zero attached hydrogens (tertiary/aromatic N) is 2. The lowest BCUT2D eigenvalue weighted by Gasteiger charge is -2.42. The number of pyridine rings is 1. The second-order valence-electron chi connectivity index (χ2n) is 10.7. The number of aromatic hydroxyl groups is 1. The van der Waals surface area contributed by atoms with Crippen molar-refractivity contribution in [1.29, 1.82) is 0 Å². The Hall–Kier alpha value is -4.11. The Bertz CT molecular complexity index is 1510. The molecule has 3 N–H and O–H groups in total. The molecule has 2 bridgehead atoms. The molecule has 2 aliphatic heterocycles. The molecule has 4 heterocycles. The van der Waals surface area contributed by atoms with Gasteiger partial charge in [0, 0.05) is 49.8 Å². The van der Waals surface area contributed by atoms with Gasteiger partial charge in [-0.05, 0) is 48.6 Å². The van der Waals surface area contributed by atoms with Gasteiger partial charge in [0.25, 0.3) is 5.56 Å². The van der Waals surface area contributed by atoms with Crippen molar-refractivity contribution in [2.24, 2.45) is 11.7 Å². The number of amides is 1. The molecule has 204 valence electrons. The zero-order chi connectivity index (χ0) is 27.7. The molecule has 2 aromatic heterocycles. The van der Waals surface area contributed by atoms with Crippen LogP contribution >= 0.6 is 0 Å². The average Bonchev–Trinajstić information content (AvgIpc) is 2.89. The number of benzene rings is 1. The van der Waals surface area contributed by atoms with Gasteiger partial charge in [0.1, 0.15) is 18.1 Å². The molecule has 1 fully saturated rings. The van der Waals surface area contributed by atoms with Crippen LogP contribution in [0.3, 0.4) is 0 Å². The SMILES string of the molecule is C=C(C)COc1ccc(C(CC(N)=O)c2oc(CN3CC4CC(C3)c3cccc(=O)n3C4)cc(=O)c2O)cc1. The molecular weight excluding hydrogens is 498 g/mol. The van der Waals surface area contributed by atoms with Crippen LogP contribution in [0.15, 0.2) is 74.7 Å². The van der Waals surface area contributed by atoms with E-state index in [0.29, 0.717) is 42.7 Å². The van der Waals surface area contributed by atoms with Crippen molar-refractivity contribution in [3.8, 4) is 11.5 Å². The molecule has 0 aliphatic carbocycles. The summed E-state index contributed by atoms with van der Waals surface area (Å²) >= 11 is 0. The number of ether oxygens (including phenoxy) is 1. The highest BCUT2D eigenvalue weighted by molar-refractivity contribution is 5.75. The molecular formula is C30H33N3O6. The van der Waals surface area contributed by atoms with E-state index in [0.717, 1.165) is 30.8 Å². The second-order valence-corrected chi connectivity index (χ2v) is 10.7. The predicted molar refractivity (Wildman–Crippen MR) is 146 cm³/mol. The molecule has 2 aliphatic rings. The summed E-state index contributed by atoms with van der Waals surface area (Å²) in [5, 5.41) is 10.7. The van der Waals surface area contributed by atoms with Crippen molar-refractivity contribution in [3.63, 3.8) is 0 Å². The lowest BCUT2D eigenvalue weighted by molar-refractivity contribution is -0.118. The van der Waals surface area contributed by atoms with Crippen LogP contribution in [0.5, 0.6) is 11.5 Å². The number of likely N-dealkylation sites (tertiary alicyclic amines) is 1. The van der Waals surface area contributed by atoms with Gasteiger partial charge >= 0.3 is 0 Å². The zero-order valence-electron chi connectivity index (χ0n) is 22.0. The minimum Gasteiger partial charge on any atom is -0.502 e. The average molecular weight is 532 g/mol. The van der Waals surface area contributed by atoms with E-state index in [1.807, 2.05) is 17.6 Å². The number of hydrogen-bond donors (Lipinski definition) is 2. The maximum absolute atomic E-state index is 12.8. The number of piperidine rings is 1. The quantitative estimate of drug-likeness (QED) is 0.406. The maximum atomic E-state index is 12.8. The fourth-order valence-corrected chi connectivity index (χ4v) is 5.78. The Morgan fingerprint density at radius 3 is 2.67 bits per heavy atom. The Morgan fingerprint density at radius 2 is 1.95 bits per heavy atom. The van der Waals surface area contributed by atoms with Gasteiger partial charge < -0.3 is 24.6 Å². The van der Waals surface area contributed by atoms with E-state index in [9.17, 15) is 19.5 Å². The van der Waals surface area contributed by atoms with Gasteiger partial charge in [-0.3, -0.25) is 19.3 Å². The molecule has 1 amide bonds. The van der Waals surface area contributed by atoms with Gasteiger partial charge in [-0.25, -0.2) is 0 Å². The van der Waals surface area contributed by atoms with Crippen LogP contribution < -0.4 is 21.5 Å². The van der Waals surface area contributed by atoms with Crippen LogP contribution in [-0.4, -0.2) is 40.2 Å². The van der Waals surface area contributed by atoms with Crippen LogP contribution in [0.4, 0.5) is 0 Å². The summed E-state index contributed by atoms with van der Waals surface area (Å²) < 4.78 is 13.7. The molecule has 9 heteroatoms. The fourth-order valence-electron chi connectivity index (χ4n) is 5.78. The molecule has 1 aromatic carbocycles. The molecule has 9 nitrogen and oxygen atoms in total. The molecule has 5 rings (SSSR count). The first-order valence-electron chi connectivity index (χ1n) is 13.1.